The Morgan fingerprint density at radius 2 is 1.92 bits per heavy atom. The van der Waals surface area contributed by atoms with Gasteiger partial charge in [-0.05, 0) is 50.3 Å². The highest BCUT2D eigenvalue weighted by Gasteiger charge is 2.28. The van der Waals surface area contributed by atoms with Crippen molar-refractivity contribution in [3.63, 3.8) is 0 Å². The second kappa shape index (κ2) is 10.6. The van der Waals surface area contributed by atoms with Crippen molar-refractivity contribution in [3.8, 4) is 11.3 Å². The number of fused-ring (bicyclic) bond motifs is 1. The number of nitrogens with zero attached hydrogens (tertiary/aromatic N) is 5. The highest BCUT2D eigenvalue weighted by Crippen LogP contribution is 2.34. The van der Waals surface area contributed by atoms with Gasteiger partial charge in [-0.25, -0.2) is 14.6 Å². The van der Waals surface area contributed by atoms with Crippen LogP contribution in [0.3, 0.4) is 0 Å². The normalized spacial score (nSPS) is 15.5. The number of nitrogens with two attached hydrogens (primary N) is 1. The number of likely N-dealkylation sites (tertiary alicyclic amines) is 1. The van der Waals surface area contributed by atoms with E-state index in [1.807, 2.05) is 61.0 Å². The monoisotopic (exact) mass is 508 g/mol. The number of carbonyl (C=O) groups is 2. The van der Waals surface area contributed by atoms with Crippen LogP contribution >= 0.6 is 0 Å². The molecule has 0 spiro atoms. The summed E-state index contributed by atoms with van der Waals surface area (Å²) in [4.78, 5) is 35.5. The van der Waals surface area contributed by atoms with Gasteiger partial charge in [0, 0.05) is 30.6 Å². The van der Waals surface area contributed by atoms with E-state index in [-0.39, 0.29) is 17.7 Å². The topological polar surface area (TPSA) is 107 Å². The van der Waals surface area contributed by atoms with E-state index in [4.69, 9.17) is 10.8 Å². The molecule has 1 fully saturated rings. The molecule has 2 N–H and O–H groups in total. The van der Waals surface area contributed by atoms with Crippen molar-refractivity contribution in [1.82, 2.24) is 24.6 Å². The second-order valence-electron chi connectivity index (χ2n) is 9.97. The van der Waals surface area contributed by atoms with Crippen LogP contribution in [-0.2, 0) is 11.2 Å². The van der Waals surface area contributed by atoms with Crippen LogP contribution in [0.1, 0.15) is 52.4 Å². The number of ketones is 1. The Kier molecular flexibility index (Phi) is 7.05. The minimum absolute atomic E-state index is 0.0197. The molecule has 8 heteroatoms. The first-order valence-electron chi connectivity index (χ1n) is 13.0. The molecule has 8 nitrogen and oxygen atoms in total. The van der Waals surface area contributed by atoms with Gasteiger partial charge >= 0.3 is 0 Å². The van der Waals surface area contributed by atoms with Crippen LogP contribution in [0.4, 0.5) is 5.82 Å². The van der Waals surface area contributed by atoms with Crippen molar-refractivity contribution in [2.75, 3.05) is 18.8 Å². The van der Waals surface area contributed by atoms with E-state index >= 15 is 0 Å². The molecule has 1 aliphatic rings. The van der Waals surface area contributed by atoms with E-state index < -0.39 is 0 Å². The summed E-state index contributed by atoms with van der Waals surface area (Å²) in [6.45, 7) is 8.88. The second-order valence-corrected chi connectivity index (χ2v) is 9.97. The van der Waals surface area contributed by atoms with Crippen molar-refractivity contribution in [1.29, 1.82) is 0 Å². The quantitative estimate of drug-likeness (QED) is 0.282. The van der Waals surface area contributed by atoms with Crippen LogP contribution in [0.25, 0.3) is 22.3 Å². The number of rotatable bonds is 7. The molecule has 2 aromatic heterocycles. The van der Waals surface area contributed by atoms with Gasteiger partial charge in [-0.3, -0.25) is 9.59 Å². The number of benzene rings is 2. The number of anilines is 1. The van der Waals surface area contributed by atoms with E-state index in [2.05, 4.69) is 16.5 Å². The van der Waals surface area contributed by atoms with E-state index in [9.17, 15) is 9.59 Å². The third kappa shape index (κ3) is 4.94. The molecule has 5 rings (SSSR count). The minimum Gasteiger partial charge on any atom is -0.383 e. The Labute approximate surface area is 222 Å². The fourth-order valence-corrected chi connectivity index (χ4v) is 5.28. The predicted octanol–water partition coefficient (Wildman–Crippen LogP) is 4.86. The number of Topliss-reactive ketones (excluding diaryl/α,β-unsaturated/α-hetero) is 1. The molecule has 1 amide bonds. The first kappa shape index (κ1) is 25.3. The van der Waals surface area contributed by atoms with Crippen LogP contribution < -0.4 is 5.73 Å². The Bertz CT molecular complexity index is 1520. The lowest BCUT2D eigenvalue weighted by Gasteiger charge is -2.32. The molecule has 1 aliphatic heterocycles. The van der Waals surface area contributed by atoms with Crippen molar-refractivity contribution in [3.05, 3.63) is 83.7 Å². The zero-order chi connectivity index (χ0) is 26.8. The van der Waals surface area contributed by atoms with Crippen LogP contribution in [0.2, 0.25) is 0 Å². The van der Waals surface area contributed by atoms with Gasteiger partial charge in [-0.1, -0.05) is 54.6 Å². The van der Waals surface area contributed by atoms with Gasteiger partial charge in [0.2, 0.25) is 5.91 Å². The minimum atomic E-state index is -0.0767. The number of carbonyl (C=O) groups excluding carboxylic acids is 2. The molecule has 194 valence electrons. The summed E-state index contributed by atoms with van der Waals surface area (Å²) in [6.07, 6.45) is 5.66. The first-order chi connectivity index (χ1) is 18.4. The highest BCUT2D eigenvalue weighted by molar-refractivity contribution is 5.99. The summed E-state index contributed by atoms with van der Waals surface area (Å²) in [7, 11) is 0. The van der Waals surface area contributed by atoms with Gasteiger partial charge in [0.05, 0.1) is 11.4 Å². The molecule has 0 aliphatic carbocycles. The molecule has 3 heterocycles. The fraction of sp³-hybridized carbons (Fsp3) is 0.300. The third-order valence-corrected chi connectivity index (χ3v) is 7.30. The Balaban J connectivity index is 1.39. The third-order valence-electron chi connectivity index (χ3n) is 7.30. The molecule has 0 bridgehead atoms. The Morgan fingerprint density at radius 1 is 1.13 bits per heavy atom. The number of hydrogen-bond acceptors (Lipinski definition) is 6. The summed E-state index contributed by atoms with van der Waals surface area (Å²) in [5.74, 6) is 0.444. The van der Waals surface area contributed by atoms with Crippen molar-refractivity contribution in [2.24, 2.45) is 0 Å². The molecule has 2 aromatic carbocycles. The molecule has 1 saturated heterocycles. The average Bonchev–Trinajstić information content (AvgIpc) is 3.33. The van der Waals surface area contributed by atoms with Gasteiger partial charge in [0.15, 0.2) is 11.4 Å². The van der Waals surface area contributed by atoms with Crippen LogP contribution in [-0.4, -0.2) is 49.4 Å². The summed E-state index contributed by atoms with van der Waals surface area (Å²) in [6, 6.07) is 14.0. The van der Waals surface area contributed by atoms with Gasteiger partial charge in [0.1, 0.15) is 17.8 Å². The van der Waals surface area contributed by atoms with Crippen molar-refractivity contribution >= 4 is 28.5 Å². The van der Waals surface area contributed by atoms with Crippen LogP contribution in [0.5, 0.6) is 0 Å². The predicted molar refractivity (Wildman–Crippen MR) is 149 cm³/mol. The van der Waals surface area contributed by atoms with Crippen LogP contribution in [0.15, 0.2) is 61.4 Å². The number of aromatic nitrogens is 4. The zero-order valence-electron chi connectivity index (χ0n) is 21.9. The van der Waals surface area contributed by atoms with Crippen molar-refractivity contribution < 1.29 is 9.59 Å². The molecule has 4 aromatic rings. The lowest BCUT2D eigenvalue weighted by atomic mass is 9.97. The molecule has 1 atom stereocenters. The van der Waals surface area contributed by atoms with E-state index in [1.54, 1.807) is 4.90 Å². The number of piperidine rings is 1. The zero-order valence-corrected chi connectivity index (χ0v) is 21.9. The maximum absolute atomic E-state index is 12.8. The largest absolute Gasteiger partial charge is 0.383 e. The number of hydrogen-bond donors (Lipinski definition) is 1. The highest BCUT2D eigenvalue weighted by atomic mass is 16.2. The molecule has 38 heavy (non-hydrogen) atoms. The smallest absolute Gasteiger partial charge is 0.246 e. The maximum Gasteiger partial charge on any atom is 0.246 e. The summed E-state index contributed by atoms with van der Waals surface area (Å²) < 4.78 is 1.89. The maximum atomic E-state index is 12.8. The fourth-order valence-electron chi connectivity index (χ4n) is 5.28. The van der Waals surface area contributed by atoms with Crippen molar-refractivity contribution in [2.45, 2.75) is 45.6 Å². The first-order valence-corrected chi connectivity index (χ1v) is 13.0. The van der Waals surface area contributed by atoms with E-state index in [0.29, 0.717) is 48.5 Å². The molecule has 0 saturated carbocycles. The average molecular weight is 509 g/mol. The molecular weight excluding hydrogens is 476 g/mol. The Morgan fingerprint density at radius 3 is 2.66 bits per heavy atom. The lowest BCUT2D eigenvalue weighted by molar-refractivity contribution is -0.127. The molecule has 0 radical (unpaired) electrons. The number of amides is 1. The van der Waals surface area contributed by atoms with E-state index in [1.165, 1.54) is 12.4 Å². The summed E-state index contributed by atoms with van der Waals surface area (Å²) in [5, 5.41) is 5.65. The standard InChI is InChI=1S/C30H32N6O2/c1-4-26(38)35-15-5-6-23(17-35)36-30-27(29(31)32-18-33-30)28(34-36)22-11-8-21(9-12-22)10-14-25(37)24-13-7-19(2)16-20(24)3/h4,7-9,11-13,16,18,23H,1,5-6,10,14-15,17H2,2-3H3,(H2,31,32,33). The number of aryl methyl sites for hydroxylation is 3. The molecular formula is C30H32N6O2. The van der Waals surface area contributed by atoms with Gasteiger partial charge in [0.25, 0.3) is 0 Å². The summed E-state index contributed by atoms with van der Waals surface area (Å²) >= 11 is 0. The Hall–Kier alpha value is -4.33. The van der Waals surface area contributed by atoms with Gasteiger partial charge < -0.3 is 10.6 Å². The van der Waals surface area contributed by atoms with E-state index in [0.717, 1.165) is 40.7 Å². The van der Waals surface area contributed by atoms with Gasteiger partial charge in [-0.2, -0.15) is 5.10 Å². The molecule has 1 unspecified atom stereocenters. The van der Waals surface area contributed by atoms with Gasteiger partial charge in [-0.15, -0.1) is 0 Å². The van der Waals surface area contributed by atoms with Crippen LogP contribution in [0, 0.1) is 13.8 Å². The summed E-state index contributed by atoms with van der Waals surface area (Å²) in [5.41, 5.74) is 12.6. The lowest BCUT2D eigenvalue weighted by Crippen LogP contribution is -2.40. The number of nitrogen functional groups attached to an aromatic ring is 1. The SMILES string of the molecule is C=CC(=O)N1CCCC(n2nc(-c3ccc(CCC(=O)c4ccc(C)cc4C)cc3)c3c(N)ncnc32)C1.